The van der Waals surface area contributed by atoms with Crippen molar-refractivity contribution in [1.82, 2.24) is 4.90 Å². The third-order valence-electron chi connectivity index (χ3n) is 3.46. The van der Waals surface area contributed by atoms with Crippen molar-refractivity contribution in [2.45, 2.75) is 58.6 Å². The minimum Gasteiger partial charge on any atom is -0.393 e. The quantitative estimate of drug-likeness (QED) is 0.537. The van der Waals surface area contributed by atoms with E-state index in [2.05, 4.69) is 0 Å². The molecule has 1 rings (SSSR count). The van der Waals surface area contributed by atoms with Crippen molar-refractivity contribution in [2.24, 2.45) is 5.73 Å². The molecule has 0 saturated heterocycles. The lowest BCUT2D eigenvalue weighted by Crippen LogP contribution is -2.36. The summed E-state index contributed by atoms with van der Waals surface area (Å²) in [5, 5.41) is 28.7. The van der Waals surface area contributed by atoms with E-state index in [0.717, 1.165) is 16.7 Å². The van der Waals surface area contributed by atoms with E-state index in [1.807, 2.05) is 23.1 Å². The summed E-state index contributed by atoms with van der Waals surface area (Å²) in [4.78, 5) is 2.03. The number of nitrogens with two attached hydrogens (primary N) is 1. The molecule has 5 nitrogen and oxygen atoms in total. The average Bonchev–Trinajstić information content (AvgIpc) is 2.38. The fourth-order valence-electron chi connectivity index (χ4n) is 2.68. The van der Waals surface area contributed by atoms with Gasteiger partial charge in [-0.05, 0) is 43.9 Å². The Kier molecular flexibility index (Phi) is 8.00. The van der Waals surface area contributed by atoms with Crippen molar-refractivity contribution >= 4 is 0 Å². The summed E-state index contributed by atoms with van der Waals surface area (Å²) in [5.41, 5.74) is 9.05. The fourth-order valence-corrected chi connectivity index (χ4v) is 2.68. The van der Waals surface area contributed by atoms with Crippen LogP contribution in [0.25, 0.3) is 0 Å². The molecule has 126 valence electrons. The maximum Gasteiger partial charge on any atom is 0.0639 e. The van der Waals surface area contributed by atoms with Gasteiger partial charge in [-0.2, -0.15) is 0 Å². The topological polar surface area (TPSA) is 90.0 Å². The summed E-state index contributed by atoms with van der Waals surface area (Å²) < 4.78 is 0. The molecular weight excluding hydrogens is 280 g/mol. The van der Waals surface area contributed by atoms with Crippen molar-refractivity contribution in [1.29, 1.82) is 0 Å². The van der Waals surface area contributed by atoms with E-state index in [4.69, 9.17) is 5.73 Å². The number of hydrogen-bond donors (Lipinski definition) is 4. The molecule has 0 aliphatic heterocycles. The third-order valence-corrected chi connectivity index (χ3v) is 3.46. The molecule has 0 heterocycles. The molecule has 1 aromatic carbocycles. The van der Waals surface area contributed by atoms with Gasteiger partial charge in [-0.3, -0.25) is 4.90 Å². The fraction of sp³-hybridized carbons (Fsp3) is 0.647. The summed E-state index contributed by atoms with van der Waals surface area (Å²) in [6.07, 6.45) is -0.666. The molecule has 3 unspecified atom stereocenters. The van der Waals surface area contributed by atoms with E-state index in [1.165, 1.54) is 0 Å². The van der Waals surface area contributed by atoms with Crippen molar-refractivity contribution in [3.63, 3.8) is 0 Å². The molecule has 0 aliphatic rings. The second-order valence-corrected chi connectivity index (χ2v) is 6.25. The van der Waals surface area contributed by atoms with Gasteiger partial charge in [0, 0.05) is 26.2 Å². The molecule has 0 bridgehead atoms. The van der Waals surface area contributed by atoms with E-state index in [1.54, 1.807) is 20.8 Å². The van der Waals surface area contributed by atoms with Gasteiger partial charge in [-0.25, -0.2) is 0 Å². The lowest BCUT2D eigenvalue weighted by molar-refractivity contribution is 0.0792. The Morgan fingerprint density at radius 1 is 0.955 bits per heavy atom. The highest BCUT2D eigenvalue weighted by molar-refractivity contribution is 5.32. The first-order valence-electron chi connectivity index (χ1n) is 7.89. The highest BCUT2D eigenvalue weighted by Gasteiger charge is 2.14. The van der Waals surface area contributed by atoms with Crippen LogP contribution in [0.1, 0.15) is 37.5 Å². The van der Waals surface area contributed by atoms with Crippen LogP contribution in [0.4, 0.5) is 0 Å². The largest absolute Gasteiger partial charge is 0.393 e. The van der Waals surface area contributed by atoms with Gasteiger partial charge in [0.2, 0.25) is 0 Å². The number of aliphatic hydroxyl groups excluding tert-OH is 3. The molecule has 0 radical (unpaired) electrons. The Balaban J connectivity index is 2.88. The van der Waals surface area contributed by atoms with E-state index in [9.17, 15) is 15.3 Å². The molecule has 0 aliphatic carbocycles. The number of benzene rings is 1. The molecule has 0 amide bonds. The van der Waals surface area contributed by atoms with Crippen LogP contribution in [-0.4, -0.2) is 51.6 Å². The summed E-state index contributed by atoms with van der Waals surface area (Å²) in [5.74, 6) is 0. The lowest BCUT2D eigenvalue weighted by atomic mass is 10.00. The Morgan fingerprint density at radius 2 is 1.55 bits per heavy atom. The van der Waals surface area contributed by atoms with Crippen LogP contribution in [0, 0.1) is 0 Å². The second-order valence-electron chi connectivity index (χ2n) is 6.25. The van der Waals surface area contributed by atoms with Gasteiger partial charge in [0.25, 0.3) is 0 Å². The number of nitrogens with zero attached hydrogens (tertiary/aromatic N) is 1. The number of aliphatic hydroxyl groups is 3. The Bertz CT molecular complexity index is 438. The maximum absolute atomic E-state index is 9.61. The summed E-state index contributed by atoms with van der Waals surface area (Å²) in [6.45, 7) is 7.32. The zero-order valence-corrected chi connectivity index (χ0v) is 13.9. The molecule has 5 heteroatoms. The normalized spacial score (nSPS) is 15.8. The predicted octanol–water partition coefficient (Wildman–Crippen LogP) is 0.632. The van der Waals surface area contributed by atoms with Crippen LogP contribution < -0.4 is 5.73 Å². The molecule has 0 saturated carbocycles. The highest BCUT2D eigenvalue weighted by Crippen LogP contribution is 2.16. The van der Waals surface area contributed by atoms with Crippen LogP contribution in [0.5, 0.6) is 0 Å². The maximum atomic E-state index is 9.61. The summed E-state index contributed by atoms with van der Waals surface area (Å²) >= 11 is 0. The van der Waals surface area contributed by atoms with E-state index >= 15 is 0 Å². The van der Waals surface area contributed by atoms with Crippen LogP contribution in [0.3, 0.4) is 0 Å². The zero-order chi connectivity index (χ0) is 16.7. The van der Waals surface area contributed by atoms with Gasteiger partial charge in [0.05, 0.1) is 18.3 Å². The van der Waals surface area contributed by atoms with Crippen molar-refractivity contribution < 1.29 is 15.3 Å². The Hall–Kier alpha value is -0.980. The monoisotopic (exact) mass is 310 g/mol. The molecular formula is C17H30N2O3. The minimum absolute atomic E-state index is 0.376. The second kappa shape index (κ2) is 9.22. The first-order chi connectivity index (χ1) is 10.3. The molecule has 3 atom stereocenters. The lowest BCUT2D eigenvalue weighted by Gasteiger charge is -2.26. The van der Waals surface area contributed by atoms with E-state index in [0.29, 0.717) is 32.6 Å². The molecule has 0 spiro atoms. The predicted molar refractivity (Wildman–Crippen MR) is 88.4 cm³/mol. The van der Waals surface area contributed by atoms with Crippen LogP contribution in [-0.2, 0) is 19.5 Å². The molecule has 5 N–H and O–H groups in total. The molecule has 1 aromatic rings. The average molecular weight is 310 g/mol. The Labute approximate surface area is 133 Å². The smallest absolute Gasteiger partial charge is 0.0639 e. The zero-order valence-electron chi connectivity index (χ0n) is 13.9. The molecule has 0 aromatic heterocycles. The van der Waals surface area contributed by atoms with E-state index in [-0.39, 0.29) is 6.10 Å². The first kappa shape index (κ1) is 19.1. The van der Waals surface area contributed by atoms with Crippen LogP contribution in [0.2, 0.25) is 0 Å². The van der Waals surface area contributed by atoms with Crippen molar-refractivity contribution in [3.05, 3.63) is 34.9 Å². The van der Waals surface area contributed by atoms with Crippen LogP contribution in [0.15, 0.2) is 18.2 Å². The van der Waals surface area contributed by atoms with Gasteiger partial charge in [-0.1, -0.05) is 18.2 Å². The number of hydrogen-bond acceptors (Lipinski definition) is 5. The number of rotatable bonds is 9. The first-order valence-corrected chi connectivity index (χ1v) is 7.89. The standard InChI is InChI=1S/C17H30N2O3/c1-12(20)6-15-4-5-16(17(7-15)8-18)11-19(9-13(2)21)10-14(3)22/h4-5,7,12-14,20-22H,6,8-11,18H2,1-3H3. The Morgan fingerprint density at radius 3 is 2.00 bits per heavy atom. The van der Waals surface area contributed by atoms with Crippen LogP contribution >= 0.6 is 0 Å². The highest BCUT2D eigenvalue weighted by atomic mass is 16.3. The van der Waals surface area contributed by atoms with E-state index < -0.39 is 12.2 Å². The minimum atomic E-state index is -0.449. The van der Waals surface area contributed by atoms with Gasteiger partial charge >= 0.3 is 0 Å². The van der Waals surface area contributed by atoms with Gasteiger partial charge in [0.1, 0.15) is 0 Å². The van der Waals surface area contributed by atoms with Gasteiger partial charge in [-0.15, -0.1) is 0 Å². The van der Waals surface area contributed by atoms with Gasteiger partial charge < -0.3 is 21.1 Å². The molecule has 22 heavy (non-hydrogen) atoms. The SMILES string of the molecule is CC(O)Cc1ccc(CN(CC(C)O)CC(C)O)c(CN)c1. The van der Waals surface area contributed by atoms with Crippen molar-refractivity contribution in [3.8, 4) is 0 Å². The third kappa shape index (κ3) is 6.85. The summed E-state index contributed by atoms with van der Waals surface area (Å²) in [7, 11) is 0. The van der Waals surface area contributed by atoms with Crippen molar-refractivity contribution in [2.75, 3.05) is 13.1 Å². The summed E-state index contributed by atoms with van der Waals surface area (Å²) in [6, 6.07) is 6.06. The molecule has 0 fully saturated rings. The van der Waals surface area contributed by atoms with Gasteiger partial charge in [0.15, 0.2) is 0 Å².